The Morgan fingerprint density at radius 1 is 1.26 bits per heavy atom. The van der Waals surface area contributed by atoms with Gasteiger partial charge in [-0.1, -0.05) is 30.3 Å². The molecule has 2 aromatic rings. The lowest BCUT2D eigenvalue weighted by Crippen LogP contribution is -2.45. The van der Waals surface area contributed by atoms with Crippen LogP contribution in [0.5, 0.6) is 0 Å². The van der Waals surface area contributed by atoms with Crippen LogP contribution in [-0.2, 0) is 34.4 Å². The second-order valence-electron chi connectivity index (χ2n) is 8.25. The van der Waals surface area contributed by atoms with E-state index in [0.29, 0.717) is 11.6 Å². The van der Waals surface area contributed by atoms with Crippen molar-refractivity contribution in [2.24, 2.45) is 0 Å². The van der Waals surface area contributed by atoms with Crippen LogP contribution in [0.25, 0.3) is 0 Å². The fourth-order valence-electron chi connectivity index (χ4n) is 4.82. The van der Waals surface area contributed by atoms with Crippen molar-refractivity contribution in [3.8, 4) is 0 Å². The molecule has 160 valence electrons. The van der Waals surface area contributed by atoms with E-state index >= 15 is 0 Å². The summed E-state index contributed by atoms with van der Waals surface area (Å²) < 4.78 is 0. The molecule has 8 heteroatoms. The normalized spacial score (nSPS) is 21.7. The average molecular weight is 437 g/mol. The van der Waals surface area contributed by atoms with Gasteiger partial charge in [-0.15, -0.1) is 17.9 Å². The maximum Gasteiger partial charge on any atom is 0.325 e. The van der Waals surface area contributed by atoms with Crippen molar-refractivity contribution in [3.63, 3.8) is 0 Å². The fourth-order valence-corrected chi connectivity index (χ4v) is 6.00. The number of nitrogens with zero attached hydrogens (tertiary/aromatic N) is 3. The molecule has 1 saturated heterocycles. The number of carbonyl (C=O) groups excluding carboxylic acids is 3. The van der Waals surface area contributed by atoms with Crippen molar-refractivity contribution in [3.05, 3.63) is 58.6 Å². The van der Waals surface area contributed by atoms with Gasteiger partial charge in [-0.3, -0.25) is 19.4 Å². The van der Waals surface area contributed by atoms with E-state index in [1.807, 2.05) is 24.3 Å². The maximum atomic E-state index is 13.4. The van der Waals surface area contributed by atoms with Gasteiger partial charge in [0.25, 0.3) is 5.91 Å². The van der Waals surface area contributed by atoms with Crippen LogP contribution in [-0.4, -0.2) is 40.8 Å². The molecule has 5 rings (SSSR count). The lowest BCUT2D eigenvalue weighted by molar-refractivity contribution is -0.134. The van der Waals surface area contributed by atoms with E-state index in [1.54, 1.807) is 6.08 Å². The third-order valence-electron chi connectivity index (χ3n) is 6.39. The fraction of sp³-hybridized carbons (Fsp3) is 0.391. The van der Waals surface area contributed by atoms with Crippen molar-refractivity contribution in [1.29, 1.82) is 0 Å². The highest BCUT2D eigenvalue weighted by Gasteiger charge is 2.55. The summed E-state index contributed by atoms with van der Waals surface area (Å²) in [5.41, 5.74) is 1.90. The van der Waals surface area contributed by atoms with E-state index in [0.717, 1.165) is 53.8 Å². The van der Waals surface area contributed by atoms with E-state index in [9.17, 15) is 14.4 Å². The molecular formula is C23H24N4O3S. The number of aromatic nitrogens is 1. The van der Waals surface area contributed by atoms with Crippen molar-refractivity contribution < 1.29 is 14.4 Å². The number of benzene rings is 1. The third-order valence-corrected chi connectivity index (χ3v) is 7.57. The summed E-state index contributed by atoms with van der Waals surface area (Å²) >= 11 is 1.52. The zero-order chi connectivity index (χ0) is 21.6. The molecule has 2 heterocycles. The quantitative estimate of drug-likeness (QED) is 0.577. The summed E-state index contributed by atoms with van der Waals surface area (Å²) in [5.74, 6) is -0.689. The number of amides is 4. The van der Waals surface area contributed by atoms with Crippen molar-refractivity contribution >= 4 is 34.3 Å². The van der Waals surface area contributed by atoms with Crippen molar-refractivity contribution in [2.75, 3.05) is 18.0 Å². The summed E-state index contributed by atoms with van der Waals surface area (Å²) in [6, 6.07) is 7.15. The minimum atomic E-state index is -1.06. The van der Waals surface area contributed by atoms with Crippen LogP contribution in [0.2, 0.25) is 0 Å². The largest absolute Gasteiger partial charge is 0.325 e. The van der Waals surface area contributed by atoms with Crippen LogP contribution < -0.4 is 10.2 Å². The van der Waals surface area contributed by atoms with Crippen LogP contribution in [0.15, 0.2) is 36.9 Å². The monoisotopic (exact) mass is 436 g/mol. The highest BCUT2D eigenvalue weighted by molar-refractivity contribution is 7.16. The number of hydrogen-bond acceptors (Lipinski definition) is 5. The van der Waals surface area contributed by atoms with Gasteiger partial charge in [0.15, 0.2) is 5.13 Å². The Morgan fingerprint density at radius 3 is 2.87 bits per heavy atom. The molecule has 1 unspecified atom stereocenters. The average Bonchev–Trinajstić information content (AvgIpc) is 3.43. The maximum absolute atomic E-state index is 13.4. The molecule has 0 saturated carbocycles. The Kier molecular flexibility index (Phi) is 4.89. The topological polar surface area (TPSA) is 82.6 Å². The van der Waals surface area contributed by atoms with Gasteiger partial charge >= 0.3 is 6.03 Å². The highest BCUT2D eigenvalue weighted by Crippen LogP contribution is 2.41. The summed E-state index contributed by atoms with van der Waals surface area (Å²) in [6.45, 7) is 3.73. The van der Waals surface area contributed by atoms with E-state index < -0.39 is 11.6 Å². The second-order valence-corrected chi connectivity index (χ2v) is 9.31. The molecule has 31 heavy (non-hydrogen) atoms. The molecule has 1 aliphatic heterocycles. The molecule has 1 N–H and O–H groups in total. The van der Waals surface area contributed by atoms with Crippen LogP contribution in [0.4, 0.5) is 9.93 Å². The summed E-state index contributed by atoms with van der Waals surface area (Å²) in [5, 5.41) is 3.49. The first-order valence-corrected chi connectivity index (χ1v) is 11.5. The standard InChI is InChI=1S/C23H24N4O3S/c1-2-13-26(22-24-17-9-5-6-10-18(17)31-22)19(28)14-27-20(29)23(25-21(27)30)12-11-15-7-3-4-8-16(15)23/h2-4,7-8H,1,5-6,9-14H2,(H,25,30). The minimum Gasteiger partial charge on any atom is -0.319 e. The van der Waals surface area contributed by atoms with Crippen LogP contribution in [0.3, 0.4) is 0 Å². The molecule has 4 amide bonds. The van der Waals surface area contributed by atoms with E-state index in [4.69, 9.17) is 0 Å². The predicted octanol–water partition coefficient (Wildman–Crippen LogP) is 2.93. The number of rotatable bonds is 5. The van der Waals surface area contributed by atoms with Crippen molar-refractivity contribution in [1.82, 2.24) is 15.2 Å². The van der Waals surface area contributed by atoms with Gasteiger partial charge in [0, 0.05) is 11.4 Å². The Morgan fingerprint density at radius 2 is 2.06 bits per heavy atom. The lowest BCUT2D eigenvalue weighted by atomic mass is 9.92. The minimum absolute atomic E-state index is 0.281. The Labute approximate surface area is 184 Å². The van der Waals surface area contributed by atoms with Crippen LogP contribution >= 0.6 is 11.3 Å². The van der Waals surface area contributed by atoms with Crippen LogP contribution in [0.1, 0.15) is 41.0 Å². The Hall–Kier alpha value is -3.00. The number of thiazole rings is 1. The van der Waals surface area contributed by atoms with Gasteiger partial charge < -0.3 is 5.32 Å². The summed E-state index contributed by atoms with van der Waals surface area (Å²) in [7, 11) is 0. The number of carbonyl (C=O) groups is 3. The zero-order valence-corrected chi connectivity index (χ0v) is 18.0. The lowest BCUT2D eigenvalue weighted by Gasteiger charge is -2.23. The summed E-state index contributed by atoms with van der Waals surface area (Å²) in [4.78, 5) is 47.8. The molecule has 1 fully saturated rings. The Bertz CT molecular complexity index is 1070. The number of nitrogens with one attached hydrogen (secondary N) is 1. The number of fused-ring (bicyclic) bond motifs is 3. The molecular weight excluding hydrogens is 412 g/mol. The first-order chi connectivity index (χ1) is 15.0. The van der Waals surface area contributed by atoms with Gasteiger partial charge in [-0.25, -0.2) is 9.78 Å². The number of aryl methyl sites for hydroxylation is 3. The first kappa shape index (κ1) is 19.9. The number of hydrogen-bond donors (Lipinski definition) is 1. The van der Waals surface area contributed by atoms with E-state index in [2.05, 4.69) is 16.9 Å². The Balaban J connectivity index is 1.39. The molecule has 1 spiro atoms. The molecule has 1 aromatic heterocycles. The number of anilines is 1. The summed E-state index contributed by atoms with van der Waals surface area (Å²) in [6.07, 6.45) is 7.02. The van der Waals surface area contributed by atoms with Gasteiger partial charge in [-0.2, -0.15) is 0 Å². The van der Waals surface area contributed by atoms with E-state index in [-0.39, 0.29) is 24.9 Å². The highest BCUT2D eigenvalue weighted by atomic mass is 32.1. The first-order valence-electron chi connectivity index (χ1n) is 10.7. The van der Waals surface area contributed by atoms with Gasteiger partial charge in [0.2, 0.25) is 5.91 Å². The molecule has 7 nitrogen and oxygen atoms in total. The van der Waals surface area contributed by atoms with Gasteiger partial charge in [0.05, 0.1) is 5.69 Å². The molecule has 3 aliphatic rings. The third kappa shape index (κ3) is 3.17. The predicted molar refractivity (Wildman–Crippen MR) is 118 cm³/mol. The number of urea groups is 1. The molecule has 0 radical (unpaired) electrons. The molecule has 0 bridgehead atoms. The SMILES string of the molecule is C=CCN(C(=O)CN1C(=O)NC2(CCc3ccccc32)C1=O)c1nc2c(s1)CCCC2. The van der Waals surface area contributed by atoms with E-state index in [1.165, 1.54) is 21.1 Å². The van der Waals surface area contributed by atoms with Gasteiger partial charge in [-0.05, 0) is 49.7 Å². The van der Waals surface area contributed by atoms with Gasteiger partial charge in [0.1, 0.15) is 12.1 Å². The second kappa shape index (κ2) is 7.60. The number of imide groups is 1. The van der Waals surface area contributed by atoms with Crippen molar-refractivity contribution in [2.45, 2.75) is 44.1 Å². The molecule has 1 atom stereocenters. The van der Waals surface area contributed by atoms with Crippen LogP contribution in [0, 0.1) is 0 Å². The smallest absolute Gasteiger partial charge is 0.319 e. The molecule has 2 aliphatic carbocycles. The zero-order valence-electron chi connectivity index (χ0n) is 17.2. The molecule has 1 aromatic carbocycles.